The number of carbonyl (C=O) groups is 2. The van der Waals surface area contributed by atoms with Crippen molar-refractivity contribution >= 4 is 27.6 Å². The van der Waals surface area contributed by atoms with E-state index in [0.717, 1.165) is 18.4 Å². The molecule has 0 saturated carbocycles. The molecule has 3 aromatic rings. The summed E-state index contributed by atoms with van der Waals surface area (Å²) in [5.74, 6) is -0.693. The van der Waals surface area contributed by atoms with E-state index in [1.807, 2.05) is 20.9 Å². The fourth-order valence-corrected chi connectivity index (χ4v) is 6.90. The first kappa shape index (κ1) is 38.6. The van der Waals surface area contributed by atoms with Crippen LogP contribution in [0.2, 0.25) is 0 Å². The molecular weight excluding hydrogens is 662 g/mol. The highest BCUT2D eigenvalue weighted by molar-refractivity contribution is 7.92. The van der Waals surface area contributed by atoms with E-state index in [-0.39, 0.29) is 53.0 Å². The highest BCUT2D eigenvalue weighted by atomic mass is 32.2. The monoisotopic (exact) mass is 711 g/mol. The highest BCUT2D eigenvalue weighted by Crippen LogP contribution is 2.30. The maximum Gasteiger partial charge on any atom is 0.335 e. The van der Waals surface area contributed by atoms with Crippen LogP contribution in [0.25, 0.3) is 0 Å². The lowest BCUT2D eigenvalue weighted by Crippen LogP contribution is -2.47. The molecule has 3 N–H and O–H groups in total. The number of carboxylic acid groups (broad SMARTS) is 1. The maximum absolute atomic E-state index is 14.4. The van der Waals surface area contributed by atoms with Gasteiger partial charge in [0.15, 0.2) is 0 Å². The van der Waals surface area contributed by atoms with Crippen molar-refractivity contribution < 1.29 is 42.4 Å². The van der Waals surface area contributed by atoms with Crippen molar-refractivity contribution in [1.29, 1.82) is 0 Å². The zero-order valence-corrected chi connectivity index (χ0v) is 30.2. The van der Waals surface area contributed by atoms with Crippen LogP contribution in [0, 0.1) is 5.92 Å². The van der Waals surface area contributed by atoms with Crippen LogP contribution in [0.1, 0.15) is 66.3 Å². The second-order valence-corrected chi connectivity index (χ2v) is 14.7. The first-order valence-electron chi connectivity index (χ1n) is 16.8. The molecule has 4 rings (SSSR count). The zero-order valence-electron chi connectivity index (χ0n) is 29.4. The Balaban J connectivity index is 1.61. The quantitative estimate of drug-likeness (QED) is 0.244. The van der Waals surface area contributed by atoms with Gasteiger partial charge in [0, 0.05) is 37.8 Å². The molecule has 1 amide bonds. The minimum absolute atomic E-state index is 0.0345. The fourth-order valence-electron chi connectivity index (χ4n) is 5.85. The molecule has 13 heteroatoms. The Hall–Kier alpha value is -4.17. The molecule has 50 heavy (non-hydrogen) atoms. The van der Waals surface area contributed by atoms with Crippen molar-refractivity contribution in [3.05, 3.63) is 83.4 Å². The third-order valence-corrected chi connectivity index (χ3v) is 10.2. The summed E-state index contributed by atoms with van der Waals surface area (Å²) in [5, 5.41) is 19.5. The molecule has 3 aromatic carbocycles. The Morgan fingerprint density at radius 3 is 2.42 bits per heavy atom. The Labute approximate surface area is 295 Å². The number of amides is 1. The standard InChI is InChI=1S/C37H49N3O9S/c1-25-21-40(26(2)24-41)36(42)33-20-30(38-50(45,46)32-16-14-31(47-5)15-17-32)13-18-34(33)49-27(3)8-6-7-19-48-35(25)23-39(4)22-28-9-11-29(12-10-28)37(43)44/h9-18,20,25-27,35,38,41H,6-8,19,21-24H2,1-5H3,(H,43,44)/t25-,26+,27+,35+/m0/s1. The molecule has 272 valence electrons. The number of hydrogen-bond acceptors (Lipinski definition) is 9. The number of anilines is 1. The first-order valence-corrected chi connectivity index (χ1v) is 18.3. The van der Waals surface area contributed by atoms with Gasteiger partial charge in [-0.3, -0.25) is 14.4 Å². The van der Waals surface area contributed by atoms with E-state index in [2.05, 4.69) is 9.62 Å². The predicted octanol–water partition coefficient (Wildman–Crippen LogP) is 5.12. The number of aliphatic hydroxyl groups is 1. The van der Waals surface area contributed by atoms with Crippen LogP contribution in [-0.4, -0.2) is 99.0 Å². The Kier molecular flexibility index (Phi) is 13.6. The largest absolute Gasteiger partial charge is 0.497 e. The van der Waals surface area contributed by atoms with E-state index < -0.39 is 27.9 Å². The summed E-state index contributed by atoms with van der Waals surface area (Å²) in [6, 6.07) is 16.9. The molecule has 1 aliphatic rings. The van der Waals surface area contributed by atoms with Gasteiger partial charge in [-0.2, -0.15) is 0 Å². The lowest BCUT2D eigenvalue weighted by Gasteiger charge is -2.36. The molecule has 0 spiro atoms. The summed E-state index contributed by atoms with van der Waals surface area (Å²) < 4.78 is 47.0. The van der Waals surface area contributed by atoms with Gasteiger partial charge >= 0.3 is 5.97 Å². The van der Waals surface area contributed by atoms with Gasteiger partial charge in [0.2, 0.25) is 0 Å². The molecule has 0 unspecified atom stereocenters. The van der Waals surface area contributed by atoms with E-state index in [1.165, 1.54) is 25.3 Å². The van der Waals surface area contributed by atoms with Crippen molar-refractivity contribution in [3.8, 4) is 11.5 Å². The molecular formula is C37H49N3O9S. The number of carboxylic acids is 1. The number of sulfonamides is 1. The molecule has 4 atom stereocenters. The molecule has 12 nitrogen and oxygen atoms in total. The second-order valence-electron chi connectivity index (χ2n) is 13.0. The topological polar surface area (TPSA) is 155 Å². The van der Waals surface area contributed by atoms with Gasteiger partial charge in [-0.25, -0.2) is 13.2 Å². The summed E-state index contributed by atoms with van der Waals surface area (Å²) in [6.07, 6.45) is 1.87. The van der Waals surface area contributed by atoms with Gasteiger partial charge in [-0.05, 0) is 100 Å². The number of benzene rings is 3. The number of aromatic carboxylic acids is 1. The first-order chi connectivity index (χ1) is 23.8. The van der Waals surface area contributed by atoms with Crippen LogP contribution in [0.4, 0.5) is 5.69 Å². The van der Waals surface area contributed by atoms with E-state index in [4.69, 9.17) is 14.2 Å². The lowest BCUT2D eigenvalue weighted by molar-refractivity contribution is -0.0177. The van der Waals surface area contributed by atoms with Crippen LogP contribution in [0.5, 0.6) is 11.5 Å². The number of methoxy groups -OCH3 is 1. The van der Waals surface area contributed by atoms with E-state index >= 15 is 0 Å². The number of likely N-dealkylation sites (N-methyl/N-ethyl adjacent to an activating group) is 1. The predicted molar refractivity (Wildman–Crippen MR) is 190 cm³/mol. The van der Waals surface area contributed by atoms with Gasteiger partial charge < -0.3 is 29.3 Å². The minimum atomic E-state index is -3.99. The van der Waals surface area contributed by atoms with Crippen molar-refractivity contribution in [2.45, 2.75) is 69.7 Å². The molecule has 1 aliphatic heterocycles. The van der Waals surface area contributed by atoms with Crippen molar-refractivity contribution in [1.82, 2.24) is 9.80 Å². The zero-order chi connectivity index (χ0) is 36.4. The van der Waals surface area contributed by atoms with Crippen molar-refractivity contribution in [2.75, 3.05) is 45.2 Å². The number of nitrogens with zero attached hydrogens (tertiary/aromatic N) is 2. The summed E-state index contributed by atoms with van der Waals surface area (Å²) in [6.45, 7) is 7.31. The summed E-state index contributed by atoms with van der Waals surface area (Å²) in [5.41, 5.74) is 1.55. The van der Waals surface area contributed by atoms with Crippen LogP contribution in [-0.2, 0) is 21.3 Å². The van der Waals surface area contributed by atoms with Crippen molar-refractivity contribution in [3.63, 3.8) is 0 Å². The Bertz CT molecular complexity index is 1680. The highest BCUT2D eigenvalue weighted by Gasteiger charge is 2.31. The van der Waals surface area contributed by atoms with Gasteiger partial charge in [-0.15, -0.1) is 0 Å². The number of nitrogens with one attached hydrogen (secondary N) is 1. The van der Waals surface area contributed by atoms with Gasteiger partial charge in [-0.1, -0.05) is 19.1 Å². The Morgan fingerprint density at radius 1 is 1.08 bits per heavy atom. The number of ether oxygens (including phenoxy) is 3. The number of aliphatic hydroxyl groups excluding tert-OH is 1. The minimum Gasteiger partial charge on any atom is -0.497 e. The maximum atomic E-state index is 14.4. The SMILES string of the molecule is COc1ccc(S(=O)(=O)Nc2ccc3c(c2)C(=O)N([C@H](C)CO)C[C@H](C)[C@@H](CN(C)Cc2ccc(C(=O)O)cc2)OCCCC[C@@H](C)O3)cc1. The lowest BCUT2D eigenvalue weighted by atomic mass is 10.0. The average molecular weight is 712 g/mol. The number of hydrogen-bond donors (Lipinski definition) is 3. The third kappa shape index (κ3) is 10.4. The summed E-state index contributed by atoms with van der Waals surface area (Å²) in [7, 11) is -0.527. The Morgan fingerprint density at radius 2 is 1.78 bits per heavy atom. The van der Waals surface area contributed by atoms with Gasteiger partial charge in [0.05, 0.1) is 48.0 Å². The van der Waals surface area contributed by atoms with Crippen LogP contribution >= 0.6 is 0 Å². The second kappa shape index (κ2) is 17.7. The van der Waals surface area contributed by atoms with Crippen LogP contribution in [0.3, 0.4) is 0 Å². The van der Waals surface area contributed by atoms with E-state index in [1.54, 1.807) is 60.4 Å². The molecule has 0 aromatic heterocycles. The van der Waals surface area contributed by atoms with Gasteiger partial charge in [0.1, 0.15) is 11.5 Å². The number of carbonyl (C=O) groups excluding carboxylic acids is 1. The molecule has 0 radical (unpaired) electrons. The molecule has 0 saturated heterocycles. The van der Waals surface area contributed by atoms with Crippen molar-refractivity contribution in [2.24, 2.45) is 5.92 Å². The van der Waals surface area contributed by atoms with E-state index in [9.17, 15) is 28.2 Å². The average Bonchev–Trinajstić information content (AvgIpc) is 3.09. The summed E-state index contributed by atoms with van der Waals surface area (Å²) >= 11 is 0. The summed E-state index contributed by atoms with van der Waals surface area (Å²) in [4.78, 5) is 29.4. The number of fused-ring (bicyclic) bond motifs is 1. The molecule has 0 aliphatic carbocycles. The normalized spacial score (nSPS) is 19.9. The van der Waals surface area contributed by atoms with Crippen LogP contribution in [0.15, 0.2) is 71.6 Å². The molecule has 1 heterocycles. The van der Waals surface area contributed by atoms with E-state index in [0.29, 0.717) is 37.6 Å². The fraction of sp³-hybridized carbons (Fsp3) is 0.459. The molecule has 0 bridgehead atoms. The smallest absolute Gasteiger partial charge is 0.335 e. The third-order valence-electron chi connectivity index (χ3n) is 8.82. The number of rotatable bonds is 11. The van der Waals surface area contributed by atoms with Crippen LogP contribution < -0.4 is 14.2 Å². The van der Waals surface area contributed by atoms with Gasteiger partial charge in [0.25, 0.3) is 15.9 Å². The molecule has 0 fully saturated rings.